The molecule has 0 saturated heterocycles. The Bertz CT molecular complexity index is 419. The van der Waals surface area contributed by atoms with Crippen molar-refractivity contribution >= 4 is 31.8 Å². The quantitative estimate of drug-likeness (QED) is 0.828. The highest BCUT2D eigenvalue weighted by Crippen LogP contribution is 2.09. The number of anilines is 1. The standard InChI is InChI=1S/C9H14BrN3O2S/c1-2-13-16(14,15)6-5-11-9-4-3-8(10)7-12-9/h3-4,7,13H,2,5-6H2,1H3,(H,11,12). The Morgan fingerprint density at radius 2 is 2.19 bits per heavy atom. The van der Waals surface area contributed by atoms with Crippen LogP contribution in [0.3, 0.4) is 0 Å². The monoisotopic (exact) mass is 307 g/mol. The van der Waals surface area contributed by atoms with Gasteiger partial charge < -0.3 is 5.32 Å². The van der Waals surface area contributed by atoms with Crippen LogP contribution >= 0.6 is 15.9 Å². The summed E-state index contributed by atoms with van der Waals surface area (Å²) in [5.41, 5.74) is 0. The molecule has 0 amide bonds. The summed E-state index contributed by atoms with van der Waals surface area (Å²) in [5.74, 6) is 0.702. The molecule has 7 heteroatoms. The Labute approximate surface area is 104 Å². The fraction of sp³-hybridized carbons (Fsp3) is 0.444. The average molecular weight is 308 g/mol. The van der Waals surface area contributed by atoms with Gasteiger partial charge in [-0.3, -0.25) is 0 Å². The van der Waals surface area contributed by atoms with E-state index in [-0.39, 0.29) is 5.75 Å². The van der Waals surface area contributed by atoms with E-state index >= 15 is 0 Å². The van der Waals surface area contributed by atoms with Gasteiger partial charge in [0.15, 0.2) is 0 Å². The zero-order valence-corrected chi connectivity index (χ0v) is 11.3. The Kier molecular flexibility index (Phi) is 5.17. The third-order valence-electron chi connectivity index (χ3n) is 1.77. The van der Waals surface area contributed by atoms with Crippen LogP contribution in [0.4, 0.5) is 5.82 Å². The van der Waals surface area contributed by atoms with Gasteiger partial charge in [-0.25, -0.2) is 18.1 Å². The molecule has 1 aromatic rings. The van der Waals surface area contributed by atoms with E-state index in [1.54, 1.807) is 19.2 Å². The number of pyridine rings is 1. The van der Waals surface area contributed by atoms with Crippen molar-refractivity contribution < 1.29 is 8.42 Å². The Morgan fingerprint density at radius 1 is 1.44 bits per heavy atom. The smallest absolute Gasteiger partial charge is 0.213 e. The lowest BCUT2D eigenvalue weighted by atomic mass is 10.4. The second kappa shape index (κ2) is 6.17. The summed E-state index contributed by atoms with van der Waals surface area (Å²) in [6.45, 7) is 2.50. The Morgan fingerprint density at radius 3 is 2.75 bits per heavy atom. The van der Waals surface area contributed by atoms with Crippen LogP contribution in [-0.4, -0.2) is 32.2 Å². The summed E-state index contributed by atoms with van der Waals surface area (Å²) >= 11 is 3.27. The third kappa shape index (κ3) is 4.91. The van der Waals surface area contributed by atoms with E-state index in [9.17, 15) is 8.42 Å². The summed E-state index contributed by atoms with van der Waals surface area (Å²) in [6, 6.07) is 3.62. The summed E-state index contributed by atoms with van der Waals surface area (Å²) in [6.07, 6.45) is 1.65. The fourth-order valence-electron chi connectivity index (χ4n) is 1.09. The number of nitrogens with zero attached hydrogens (tertiary/aromatic N) is 1. The lowest BCUT2D eigenvalue weighted by Crippen LogP contribution is -2.29. The van der Waals surface area contributed by atoms with Crippen LogP contribution in [0.2, 0.25) is 0 Å². The van der Waals surface area contributed by atoms with Crippen molar-refractivity contribution in [1.29, 1.82) is 0 Å². The lowest BCUT2D eigenvalue weighted by molar-refractivity contribution is 0.584. The second-order valence-electron chi connectivity index (χ2n) is 3.11. The minimum absolute atomic E-state index is 0.0403. The number of hydrogen-bond acceptors (Lipinski definition) is 4. The van der Waals surface area contributed by atoms with Crippen molar-refractivity contribution in [3.05, 3.63) is 22.8 Å². The first-order valence-corrected chi connectivity index (χ1v) is 7.31. The molecule has 0 aliphatic carbocycles. The van der Waals surface area contributed by atoms with Gasteiger partial charge in [0, 0.05) is 23.8 Å². The summed E-state index contributed by atoms with van der Waals surface area (Å²) in [4.78, 5) is 4.07. The van der Waals surface area contributed by atoms with Gasteiger partial charge >= 0.3 is 0 Å². The van der Waals surface area contributed by atoms with Crippen molar-refractivity contribution in [3.63, 3.8) is 0 Å². The fourth-order valence-corrected chi connectivity index (χ4v) is 2.28. The van der Waals surface area contributed by atoms with Crippen molar-refractivity contribution in [2.24, 2.45) is 0 Å². The van der Waals surface area contributed by atoms with Crippen LogP contribution in [0.15, 0.2) is 22.8 Å². The van der Waals surface area contributed by atoms with Crippen LogP contribution in [0, 0.1) is 0 Å². The largest absolute Gasteiger partial charge is 0.369 e. The Hall–Kier alpha value is -0.660. The molecule has 0 radical (unpaired) electrons. The molecule has 0 bridgehead atoms. The normalized spacial score (nSPS) is 11.4. The molecule has 0 aliphatic heterocycles. The second-order valence-corrected chi connectivity index (χ2v) is 5.95. The number of nitrogens with one attached hydrogen (secondary N) is 2. The predicted molar refractivity (Wildman–Crippen MR) is 67.9 cm³/mol. The molecule has 1 heterocycles. The number of hydrogen-bond donors (Lipinski definition) is 2. The topological polar surface area (TPSA) is 71.1 Å². The third-order valence-corrected chi connectivity index (χ3v) is 3.71. The van der Waals surface area contributed by atoms with Crippen LogP contribution in [-0.2, 0) is 10.0 Å². The molecule has 0 saturated carbocycles. The van der Waals surface area contributed by atoms with Gasteiger partial charge in [-0.1, -0.05) is 6.92 Å². The van der Waals surface area contributed by atoms with E-state index in [4.69, 9.17) is 0 Å². The van der Waals surface area contributed by atoms with E-state index < -0.39 is 10.0 Å². The molecule has 0 aliphatic rings. The first-order chi connectivity index (χ1) is 7.53. The maximum absolute atomic E-state index is 11.3. The van der Waals surface area contributed by atoms with Gasteiger partial charge in [0.2, 0.25) is 10.0 Å². The highest BCUT2D eigenvalue weighted by molar-refractivity contribution is 9.10. The molecular formula is C9H14BrN3O2S. The van der Waals surface area contributed by atoms with Gasteiger partial charge in [0.05, 0.1) is 5.75 Å². The molecule has 0 fully saturated rings. The molecular weight excluding hydrogens is 294 g/mol. The Balaban J connectivity index is 2.39. The van der Waals surface area contributed by atoms with E-state index in [0.717, 1.165) is 4.47 Å². The van der Waals surface area contributed by atoms with Crippen LogP contribution in [0.25, 0.3) is 0 Å². The molecule has 0 spiro atoms. The molecule has 1 aromatic heterocycles. The molecule has 2 N–H and O–H groups in total. The first-order valence-electron chi connectivity index (χ1n) is 4.86. The van der Waals surface area contributed by atoms with E-state index in [2.05, 4.69) is 31.0 Å². The average Bonchev–Trinajstić information content (AvgIpc) is 2.20. The van der Waals surface area contributed by atoms with Crippen LogP contribution in [0.1, 0.15) is 6.92 Å². The summed E-state index contributed by atoms with van der Waals surface area (Å²) < 4.78 is 25.9. The van der Waals surface area contributed by atoms with Gasteiger partial charge in [-0.2, -0.15) is 0 Å². The van der Waals surface area contributed by atoms with Gasteiger partial charge in [0.25, 0.3) is 0 Å². The molecule has 0 aromatic carbocycles. The number of rotatable bonds is 6. The molecule has 0 atom stereocenters. The van der Waals surface area contributed by atoms with Gasteiger partial charge in [-0.15, -0.1) is 0 Å². The predicted octanol–water partition coefficient (Wildman–Crippen LogP) is 1.20. The zero-order chi connectivity index (χ0) is 12.0. The molecule has 1 rings (SSSR count). The van der Waals surface area contributed by atoms with E-state index in [0.29, 0.717) is 18.9 Å². The SMILES string of the molecule is CCNS(=O)(=O)CCNc1ccc(Br)cn1. The van der Waals surface area contributed by atoms with Crippen molar-refractivity contribution in [2.75, 3.05) is 24.2 Å². The van der Waals surface area contributed by atoms with Crippen LogP contribution in [0.5, 0.6) is 0 Å². The van der Waals surface area contributed by atoms with Crippen molar-refractivity contribution in [3.8, 4) is 0 Å². The van der Waals surface area contributed by atoms with Crippen LogP contribution < -0.4 is 10.0 Å². The minimum atomic E-state index is -3.16. The minimum Gasteiger partial charge on any atom is -0.369 e. The summed E-state index contributed by atoms with van der Waals surface area (Å²) in [5, 5.41) is 2.94. The van der Waals surface area contributed by atoms with Crippen molar-refractivity contribution in [1.82, 2.24) is 9.71 Å². The van der Waals surface area contributed by atoms with Crippen molar-refractivity contribution in [2.45, 2.75) is 6.92 Å². The number of sulfonamides is 1. The molecule has 0 unspecified atom stereocenters. The van der Waals surface area contributed by atoms with E-state index in [1.807, 2.05) is 6.07 Å². The molecule has 90 valence electrons. The molecule has 16 heavy (non-hydrogen) atoms. The van der Waals surface area contributed by atoms with Gasteiger partial charge in [0.1, 0.15) is 5.82 Å². The zero-order valence-electron chi connectivity index (χ0n) is 8.90. The highest BCUT2D eigenvalue weighted by Gasteiger charge is 2.07. The van der Waals surface area contributed by atoms with Gasteiger partial charge in [-0.05, 0) is 28.1 Å². The maximum Gasteiger partial charge on any atom is 0.213 e. The van der Waals surface area contributed by atoms with E-state index in [1.165, 1.54) is 0 Å². The highest BCUT2D eigenvalue weighted by atomic mass is 79.9. The molecule has 5 nitrogen and oxygen atoms in total. The first kappa shape index (κ1) is 13.4. The maximum atomic E-state index is 11.3. The summed E-state index contributed by atoms with van der Waals surface area (Å²) in [7, 11) is -3.16. The number of halogens is 1. The number of aromatic nitrogens is 1. The lowest BCUT2D eigenvalue weighted by Gasteiger charge is -2.06.